The Bertz CT molecular complexity index is 1730. The van der Waals surface area contributed by atoms with Gasteiger partial charge in [0.05, 0.1) is 6.42 Å². The lowest BCUT2D eigenvalue weighted by Crippen LogP contribution is -2.59. The molecule has 5 nitrogen and oxygen atoms in total. The molecule has 1 unspecified atom stereocenters. The van der Waals surface area contributed by atoms with E-state index in [0.29, 0.717) is 29.3 Å². The summed E-state index contributed by atoms with van der Waals surface area (Å²) in [5, 5.41) is 3.77. The molecule has 0 bridgehead atoms. The predicted octanol–water partition coefficient (Wildman–Crippen LogP) is 7.56. The van der Waals surface area contributed by atoms with Crippen LogP contribution in [0.2, 0.25) is 0 Å². The first-order chi connectivity index (χ1) is 22.6. The van der Waals surface area contributed by atoms with Crippen LogP contribution >= 0.6 is 0 Å². The fourth-order valence-electron chi connectivity index (χ4n) is 4.65. The van der Waals surface area contributed by atoms with E-state index in [9.17, 15) is 49.1 Å². The molecule has 14 heteroatoms. The summed E-state index contributed by atoms with van der Waals surface area (Å²) in [7, 11) is 0. The number of nitrogens with one attached hydrogen (secondary N) is 2. The molecule has 0 saturated carbocycles. The van der Waals surface area contributed by atoms with Crippen molar-refractivity contribution in [3.8, 4) is 5.75 Å². The van der Waals surface area contributed by atoms with Crippen LogP contribution in [0, 0.1) is 11.6 Å². The van der Waals surface area contributed by atoms with Crippen LogP contribution in [0.3, 0.4) is 0 Å². The number of halogens is 9. The summed E-state index contributed by atoms with van der Waals surface area (Å²) in [5.41, 5.74) is -2.55. The van der Waals surface area contributed by atoms with Crippen molar-refractivity contribution in [2.45, 2.75) is 36.7 Å². The van der Waals surface area contributed by atoms with Crippen molar-refractivity contribution < 1.29 is 53.8 Å². The smallest absolute Gasteiger partial charge is 0.428 e. The highest BCUT2D eigenvalue weighted by Gasteiger charge is 2.49. The van der Waals surface area contributed by atoms with E-state index in [0.717, 1.165) is 30.3 Å². The molecule has 0 fully saturated rings. The lowest BCUT2D eigenvalue weighted by Gasteiger charge is -2.35. The number of ether oxygens (including phenoxy) is 1. The number of amides is 2. The van der Waals surface area contributed by atoms with Gasteiger partial charge in [-0.2, -0.15) is 30.7 Å². The third kappa shape index (κ3) is 8.96. The first-order valence-corrected chi connectivity index (χ1v) is 14.0. The first-order valence-electron chi connectivity index (χ1n) is 14.0. The lowest BCUT2D eigenvalue weighted by atomic mass is 9.81. The van der Waals surface area contributed by atoms with Crippen molar-refractivity contribution in [3.63, 3.8) is 0 Å². The largest absolute Gasteiger partial charge is 0.461 e. The van der Waals surface area contributed by atoms with Crippen molar-refractivity contribution in [2.24, 2.45) is 0 Å². The topological polar surface area (TPSA) is 67.4 Å². The van der Waals surface area contributed by atoms with Crippen LogP contribution in [0.1, 0.15) is 22.3 Å². The maximum atomic E-state index is 15.0. The van der Waals surface area contributed by atoms with Gasteiger partial charge >= 0.3 is 18.7 Å². The number of benzene rings is 4. The summed E-state index contributed by atoms with van der Waals surface area (Å²) in [6.07, 6.45) is -13.1. The molecule has 0 heterocycles. The highest BCUT2D eigenvalue weighted by molar-refractivity contribution is 5.90. The molecule has 2 N–H and O–H groups in total. The number of hydrogen-bond donors (Lipinski definition) is 2. The van der Waals surface area contributed by atoms with Gasteiger partial charge in [0.2, 0.25) is 11.9 Å². The van der Waals surface area contributed by atoms with Gasteiger partial charge in [-0.15, -0.1) is 0 Å². The second-order valence-corrected chi connectivity index (χ2v) is 10.4. The van der Waals surface area contributed by atoms with Crippen LogP contribution in [-0.4, -0.2) is 36.6 Å². The third-order valence-electron chi connectivity index (χ3n) is 6.88. The fraction of sp³-hybridized carbons (Fsp3) is 0.176. The van der Waals surface area contributed by atoms with Gasteiger partial charge in [-0.25, -0.2) is 8.78 Å². The van der Waals surface area contributed by atoms with E-state index in [1.54, 1.807) is 53.8 Å². The molecule has 0 aliphatic carbocycles. The number of carbonyl (C=O) groups excluding carboxylic acids is 2. The molecule has 0 saturated heterocycles. The molecule has 2 amide bonds. The second-order valence-electron chi connectivity index (χ2n) is 10.4. The van der Waals surface area contributed by atoms with E-state index in [-0.39, 0.29) is 5.56 Å². The van der Waals surface area contributed by atoms with Crippen LogP contribution in [0.5, 0.6) is 5.75 Å². The van der Waals surface area contributed by atoms with Gasteiger partial charge in [0.1, 0.15) is 22.9 Å². The third-order valence-corrected chi connectivity index (χ3v) is 6.88. The zero-order valence-electron chi connectivity index (χ0n) is 24.5. The summed E-state index contributed by atoms with van der Waals surface area (Å²) < 4.78 is 130. The summed E-state index contributed by atoms with van der Waals surface area (Å²) in [5.74, 6) is -6.46. The minimum absolute atomic E-state index is 0.224. The Labute approximate surface area is 268 Å². The Balaban J connectivity index is 1.88. The normalized spacial score (nSPS) is 14.0. The molecule has 0 aliphatic rings. The fourth-order valence-corrected chi connectivity index (χ4v) is 4.65. The molecule has 2 atom stereocenters. The van der Waals surface area contributed by atoms with Gasteiger partial charge in [0, 0.05) is 6.07 Å². The van der Waals surface area contributed by atoms with Gasteiger partial charge < -0.3 is 15.4 Å². The van der Waals surface area contributed by atoms with Crippen molar-refractivity contribution in [2.75, 3.05) is 0 Å². The van der Waals surface area contributed by atoms with E-state index in [2.05, 4.69) is 10.1 Å². The highest BCUT2D eigenvalue weighted by Crippen LogP contribution is 2.37. The van der Waals surface area contributed by atoms with E-state index >= 15 is 0 Å². The maximum Gasteiger partial charge on any atom is 0.461 e. The predicted molar refractivity (Wildman–Crippen MR) is 157 cm³/mol. The van der Waals surface area contributed by atoms with Gasteiger partial charge in [-0.3, -0.25) is 9.59 Å². The minimum atomic E-state index is -5.40. The van der Waals surface area contributed by atoms with Gasteiger partial charge in [-0.05, 0) is 52.6 Å². The van der Waals surface area contributed by atoms with Crippen LogP contribution in [0.15, 0.2) is 109 Å². The van der Waals surface area contributed by atoms with E-state index in [1.807, 2.05) is 0 Å². The van der Waals surface area contributed by atoms with Gasteiger partial charge in [0.15, 0.2) is 0 Å². The Morgan fingerprint density at radius 2 is 1.35 bits per heavy atom. The maximum absolute atomic E-state index is 15.0. The summed E-state index contributed by atoms with van der Waals surface area (Å²) in [4.78, 5) is 26.3. The first kappa shape index (κ1) is 35.6. The molecule has 0 radical (unpaired) electrons. The number of alkyl halides is 7. The number of carbonyl (C=O) groups is 2. The van der Waals surface area contributed by atoms with Crippen molar-refractivity contribution in [1.29, 1.82) is 0 Å². The summed E-state index contributed by atoms with van der Waals surface area (Å²) in [6.45, 7) is 0. The number of hydrogen-bond acceptors (Lipinski definition) is 3. The molecule has 0 aliphatic heterocycles. The molecule has 4 aromatic rings. The SMILES string of the molecule is O=C(Cc1ccccc1)NC(C(=O)N[C@](/C=C/c1ccccc1)(c1ccc(F)cc1)c1cc(F)cc(OC(F)(F)C(F)F)c1)C(F)(F)F. The highest BCUT2D eigenvalue weighted by atomic mass is 19.4. The van der Waals surface area contributed by atoms with E-state index < -0.39 is 71.5 Å². The Kier molecular flexibility index (Phi) is 10.9. The molecule has 252 valence electrons. The molecule has 48 heavy (non-hydrogen) atoms. The Morgan fingerprint density at radius 3 is 1.94 bits per heavy atom. The monoisotopic (exact) mass is 680 g/mol. The quantitative estimate of drug-likeness (QED) is 0.152. The summed E-state index contributed by atoms with van der Waals surface area (Å²) in [6, 6.07) is 17.6. The van der Waals surface area contributed by atoms with Crippen LogP contribution < -0.4 is 15.4 Å². The summed E-state index contributed by atoms with van der Waals surface area (Å²) >= 11 is 0. The zero-order chi connectivity index (χ0) is 35.1. The molecule has 0 aromatic heterocycles. The Hall–Kier alpha value is -5.27. The Morgan fingerprint density at radius 1 is 0.750 bits per heavy atom. The molecular formula is C34H25F9N2O3. The van der Waals surface area contributed by atoms with Crippen LogP contribution in [0.4, 0.5) is 39.5 Å². The average Bonchev–Trinajstić information content (AvgIpc) is 3.02. The molecule has 0 spiro atoms. The van der Waals surface area contributed by atoms with Crippen molar-refractivity contribution >= 4 is 17.9 Å². The van der Waals surface area contributed by atoms with Crippen LogP contribution in [0.25, 0.3) is 6.08 Å². The average molecular weight is 681 g/mol. The standard InChI is InChI=1S/C34H25F9N2O3/c35-25-13-11-23(12-14-25)32(16-15-21-7-3-1-4-8-21,24-18-26(36)20-27(19-24)48-34(42,43)31(37)38)45-30(47)29(33(39,40)41)44-28(46)17-22-9-5-2-6-10-22/h1-16,18-20,29,31H,17H2,(H,44,46)(H,45,47)/b16-15+/t29?,32-/m1/s1. The minimum Gasteiger partial charge on any atom is -0.428 e. The lowest BCUT2D eigenvalue weighted by molar-refractivity contribution is -0.253. The van der Waals surface area contributed by atoms with Gasteiger partial charge in [0.25, 0.3) is 5.91 Å². The van der Waals surface area contributed by atoms with Crippen molar-refractivity contribution in [1.82, 2.24) is 10.6 Å². The van der Waals surface area contributed by atoms with Gasteiger partial charge in [-0.1, -0.05) is 78.9 Å². The molecular weight excluding hydrogens is 655 g/mol. The second kappa shape index (κ2) is 14.7. The van der Waals surface area contributed by atoms with Crippen LogP contribution in [-0.2, 0) is 21.5 Å². The van der Waals surface area contributed by atoms with Crippen molar-refractivity contribution in [3.05, 3.63) is 143 Å². The van der Waals surface area contributed by atoms with E-state index in [1.165, 1.54) is 18.2 Å². The van der Waals surface area contributed by atoms with E-state index in [4.69, 9.17) is 0 Å². The molecule has 4 aromatic carbocycles. The molecule has 4 rings (SSSR count). The zero-order valence-corrected chi connectivity index (χ0v) is 24.5. The number of rotatable bonds is 12.